The first kappa shape index (κ1) is 21.4. The van der Waals surface area contributed by atoms with Gasteiger partial charge in [-0.05, 0) is 53.4 Å². The molecule has 1 aliphatic rings. The lowest BCUT2D eigenvalue weighted by molar-refractivity contribution is 0.0953. The van der Waals surface area contributed by atoms with Crippen LogP contribution in [0, 0.1) is 0 Å². The number of carbonyl (C=O) groups excluding carboxylic acids is 2. The molecule has 0 aliphatic heterocycles. The van der Waals surface area contributed by atoms with Crippen molar-refractivity contribution in [3.8, 4) is 11.1 Å². The maximum absolute atomic E-state index is 12.5. The third-order valence-corrected chi connectivity index (χ3v) is 5.56. The molecule has 164 valence electrons. The molecule has 6 N–H and O–H groups in total. The van der Waals surface area contributed by atoms with E-state index in [4.69, 9.17) is 16.2 Å². The van der Waals surface area contributed by atoms with Crippen LogP contribution in [0.25, 0.3) is 11.1 Å². The number of amides is 2. The summed E-state index contributed by atoms with van der Waals surface area (Å²) in [5.41, 5.74) is 17.1. The molecule has 7 heteroatoms. The minimum absolute atomic E-state index is 0.0369. The van der Waals surface area contributed by atoms with Gasteiger partial charge in [-0.15, -0.1) is 0 Å². The summed E-state index contributed by atoms with van der Waals surface area (Å²) in [6, 6.07) is 21.0. The largest absolute Gasteiger partial charge is 0.448 e. The minimum atomic E-state index is -0.626. The van der Waals surface area contributed by atoms with Crippen molar-refractivity contribution in [3.63, 3.8) is 0 Å². The van der Waals surface area contributed by atoms with Crippen LogP contribution in [0.15, 0.2) is 66.7 Å². The van der Waals surface area contributed by atoms with Crippen molar-refractivity contribution in [2.75, 3.05) is 30.7 Å². The lowest BCUT2D eigenvalue weighted by Gasteiger charge is -2.15. The van der Waals surface area contributed by atoms with Crippen LogP contribution >= 0.6 is 0 Å². The number of anilines is 2. The standard InChI is InChI=1S/C25H26N4O3/c26-12-5-13-28-24(30)16-10-11-22(27)23(14-16)29-25(31)32-15-21-19-8-3-1-6-17(19)18-7-2-4-9-20(18)21/h1-4,6-11,14,21H,5,12-13,15,26-27H2,(H,28,30)(H,29,31). The fraction of sp³-hybridized carbons (Fsp3) is 0.200. The highest BCUT2D eigenvalue weighted by molar-refractivity contribution is 5.98. The summed E-state index contributed by atoms with van der Waals surface area (Å²) in [6.07, 6.45) is 0.0604. The lowest BCUT2D eigenvalue weighted by atomic mass is 9.98. The Morgan fingerprint density at radius 1 is 0.938 bits per heavy atom. The van der Waals surface area contributed by atoms with E-state index in [1.807, 2.05) is 24.3 Å². The molecule has 0 spiro atoms. The van der Waals surface area contributed by atoms with Gasteiger partial charge in [0.05, 0.1) is 11.4 Å². The normalized spacial score (nSPS) is 12.0. The molecule has 0 aromatic heterocycles. The zero-order valence-electron chi connectivity index (χ0n) is 17.6. The quantitative estimate of drug-likeness (QED) is 0.336. The maximum atomic E-state index is 12.5. The molecule has 3 aromatic carbocycles. The molecule has 0 atom stereocenters. The third kappa shape index (κ3) is 4.43. The molecule has 7 nitrogen and oxygen atoms in total. The van der Waals surface area contributed by atoms with E-state index in [-0.39, 0.29) is 18.4 Å². The second kappa shape index (κ2) is 9.53. The van der Waals surface area contributed by atoms with E-state index in [2.05, 4.69) is 34.9 Å². The molecule has 0 heterocycles. The molecule has 0 unspecified atom stereocenters. The SMILES string of the molecule is NCCCNC(=O)c1ccc(N)c(NC(=O)OCC2c3ccccc3-c3ccccc32)c1. The molecular formula is C25H26N4O3. The Morgan fingerprint density at radius 2 is 1.59 bits per heavy atom. The number of hydrogen-bond acceptors (Lipinski definition) is 5. The van der Waals surface area contributed by atoms with Crippen LogP contribution in [0.3, 0.4) is 0 Å². The van der Waals surface area contributed by atoms with Gasteiger partial charge in [0.2, 0.25) is 0 Å². The smallest absolute Gasteiger partial charge is 0.411 e. The predicted molar refractivity (Wildman–Crippen MR) is 126 cm³/mol. The average molecular weight is 431 g/mol. The summed E-state index contributed by atoms with van der Waals surface area (Å²) in [6.45, 7) is 1.17. The van der Waals surface area contributed by atoms with E-state index >= 15 is 0 Å². The van der Waals surface area contributed by atoms with Gasteiger partial charge in [0.1, 0.15) is 6.61 Å². The number of nitrogens with two attached hydrogens (primary N) is 2. The van der Waals surface area contributed by atoms with Crippen LogP contribution in [0.4, 0.5) is 16.2 Å². The van der Waals surface area contributed by atoms with Gasteiger partial charge in [-0.25, -0.2) is 4.79 Å². The summed E-state index contributed by atoms with van der Waals surface area (Å²) in [5.74, 6) is -0.292. The van der Waals surface area contributed by atoms with Crippen molar-refractivity contribution in [1.29, 1.82) is 0 Å². The molecule has 2 amide bonds. The summed E-state index contributed by atoms with van der Waals surface area (Å²) in [7, 11) is 0. The second-order valence-corrected chi connectivity index (χ2v) is 7.65. The molecule has 1 aliphatic carbocycles. The Morgan fingerprint density at radius 3 is 2.25 bits per heavy atom. The van der Waals surface area contributed by atoms with Crippen molar-refractivity contribution < 1.29 is 14.3 Å². The Kier molecular flexibility index (Phi) is 6.37. The highest BCUT2D eigenvalue weighted by Gasteiger charge is 2.29. The number of ether oxygens (including phenoxy) is 1. The van der Waals surface area contributed by atoms with Gasteiger partial charge in [0.15, 0.2) is 0 Å². The Hall–Kier alpha value is -3.84. The van der Waals surface area contributed by atoms with E-state index in [0.29, 0.717) is 36.4 Å². The van der Waals surface area contributed by atoms with Gasteiger partial charge in [-0.2, -0.15) is 0 Å². The van der Waals surface area contributed by atoms with E-state index in [1.54, 1.807) is 12.1 Å². The molecule has 3 aromatic rings. The summed E-state index contributed by atoms with van der Waals surface area (Å²) >= 11 is 0. The number of hydrogen-bond donors (Lipinski definition) is 4. The number of nitrogens with one attached hydrogen (secondary N) is 2. The zero-order chi connectivity index (χ0) is 22.5. The first-order chi connectivity index (χ1) is 15.6. The van der Waals surface area contributed by atoms with E-state index < -0.39 is 6.09 Å². The van der Waals surface area contributed by atoms with Crippen LogP contribution in [0.1, 0.15) is 33.8 Å². The minimum Gasteiger partial charge on any atom is -0.448 e. The number of fused-ring (bicyclic) bond motifs is 3. The van der Waals surface area contributed by atoms with E-state index in [1.165, 1.54) is 6.07 Å². The molecule has 0 saturated heterocycles. The van der Waals surface area contributed by atoms with Crippen molar-refractivity contribution in [2.45, 2.75) is 12.3 Å². The number of rotatable bonds is 7. The number of nitrogen functional groups attached to an aromatic ring is 1. The van der Waals surface area contributed by atoms with Crippen LogP contribution in [0.5, 0.6) is 0 Å². The van der Waals surface area contributed by atoms with Gasteiger partial charge in [0.25, 0.3) is 5.91 Å². The fourth-order valence-corrected chi connectivity index (χ4v) is 3.96. The van der Waals surface area contributed by atoms with Crippen LogP contribution in [0.2, 0.25) is 0 Å². The molecule has 0 fully saturated rings. The Balaban J connectivity index is 1.43. The maximum Gasteiger partial charge on any atom is 0.411 e. The summed E-state index contributed by atoms with van der Waals surface area (Å²) in [4.78, 5) is 24.8. The van der Waals surface area contributed by atoms with Gasteiger partial charge in [-0.1, -0.05) is 48.5 Å². The van der Waals surface area contributed by atoms with Gasteiger partial charge in [-0.3, -0.25) is 10.1 Å². The first-order valence-corrected chi connectivity index (χ1v) is 10.6. The highest BCUT2D eigenvalue weighted by Crippen LogP contribution is 2.44. The number of carbonyl (C=O) groups is 2. The predicted octanol–water partition coefficient (Wildman–Crippen LogP) is 3.71. The average Bonchev–Trinajstić information content (AvgIpc) is 3.13. The second-order valence-electron chi connectivity index (χ2n) is 7.65. The zero-order valence-corrected chi connectivity index (χ0v) is 17.6. The molecule has 0 saturated carbocycles. The monoisotopic (exact) mass is 430 g/mol. The Labute approximate surface area is 186 Å². The van der Waals surface area contributed by atoms with Crippen LogP contribution < -0.4 is 22.1 Å². The van der Waals surface area contributed by atoms with Crippen molar-refractivity contribution >= 4 is 23.4 Å². The van der Waals surface area contributed by atoms with Crippen molar-refractivity contribution in [3.05, 3.63) is 83.4 Å². The van der Waals surface area contributed by atoms with Crippen molar-refractivity contribution in [2.24, 2.45) is 5.73 Å². The highest BCUT2D eigenvalue weighted by atomic mass is 16.5. The first-order valence-electron chi connectivity index (χ1n) is 10.6. The Bertz CT molecular complexity index is 1100. The van der Waals surface area contributed by atoms with Crippen molar-refractivity contribution in [1.82, 2.24) is 5.32 Å². The summed E-state index contributed by atoms with van der Waals surface area (Å²) in [5, 5.41) is 5.44. The third-order valence-electron chi connectivity index (χ3n) is 5.56. The molecule has 32 heavy (non-hydrogen) atoms. The fourth-order valence-electron chi connectivity index (χ4n) is 3.96. The van der Waals surface area contributed by atoms with Gasteiger partial charge < -0.3 is 21.5 Å². The van der Waals surface area contributed by atoms with Gasteiger partial charge >= 0.3 is 6.09 Å². The molecule has 4 rings (SSSR count). The lowest BCUT2D eigenvalue weighted by Crippen LogP contribution is -2.26. The van der Waals surface area contributed by atoms with Crippen LogP contribution in [-0.2, 0) is 4.74 Å². The van der Waals surface area contributed by atoms with Crippen LogP contribution in [-0.4, -0.2) is 31.7 Å². The van der Waals surface area contributed by atoms with E-state index in [0.717, 1.165) is 22.3 Å². The van der Waals surface area contributed by atoms with E-state index in [9.17, 15) is 9.59 Å². The van der Waals surface area contributed by atoms with Gasteiger partial charge in [0, 0.05) is 18.0 Å². The molecule has 0 bridgehead atoms. The number of benzene rings is 3. The summed E-state index contributed by atoms with van der Waals surface area (Å²) < 4.78 is 5.56. The molecule has 0 radical (unpaired) electrons. The molecular weight excluding hydrogens is 404 g/mol. The topological polar surface area (TPSA) is 119 Å².